The lowest BCUT2D eigenvalue weighted by atomic mass is 9.78. The highest BCUT2D eigenvalue weighted by Gasteiger charge is 2.37. The Kier molecular flexibility index (Phi) is 8.42. The van der Waals surface area contributed by atoms with Crippen molar-refractivity contribution in [3.05, 3.63) is 65.2 Å². The summed E-state index contributed by atoms with van der Waals surface area (Å²) in [4.78, 5) is 24.9. The van der Waals surface area contributed by atoms with E-state index >= 15 is 0 Å². The van der Waals surface area contributed by atoms with Crippen LogP contribution in [-0.4, -0.2) is 62.0 Å². The van der Waals surface area contributed by atoms with Gasteiger partial charge in [0.05, 0.1) is 17.2 Å². The number of aromatic nitrogens is 2. The Hall–Kier alpha value is -3.50. The van der Waals surface area contributed by atoms with Crippen LogP contribution in [-0.2, 0) is 10.0 Å². The van der Waals surface area contributed by atoms with Crippen LogP contribution in [0.2, 0.25) is 0 Å². The Morgan fingerprint density at radius 1 is 0.977 bits per heavy atom. The number of fused-ring (bicyclic) bond motifs is 4. The van der Waals surface area contributed by atoms with Gasteiger partial charge in [0.1, 0.15) is 0 Å². The third kappa shape index (κ3) is 6.70. The summed E-state index contributed by atoms with van der Waals surface area (Å²) in [6.07, 6.45) is 8.44. The molecule has 1 saturated carbocycles. The van der Waals surface area contributed by atoms with Crippen molar-refractivity contribution in [2.75, 3.05) is 37.5 Å². The second-order valence-corrected chi connectivity index (χ2v) is 14.3. The Labute approximate surface area is 254 Å². The predicted octanol–water partition coefficient (Wildman–Crippen LogP) is 5.35. The number of amides is 1. The number of benzene rings is 2. The van der Waals surface area contributed by atoms with Crippen molar-refractivity contribution in [1.82, 2.24) is 20.2 Å². The second kappa shape index (κ2) is 12.2. The molecular weight excluding hydrogens is 562 g/mol. The van der Waals surface area contributed by atoms with Crippen LogP contribution in [0, 0.1) is 25.2 Å². The first kappa shape index (κ1) is 29.6. The van der Waals surface area contributed by atoms with E-state index in [1.807, 2.05) is 32.0 Å². The van der Waals surface area contributed by atoms with Gasteiger partial charge in [0.15, 0.2) is 0 Å². The minimum absolute atomic E-state index is 0.0357. The maximum Gasteiger partial charge on any atom is 0.264 e. The minimum Gasteiger partial charge on any atom is -0.477 e. The molecule has 0 radical (unpaired) electrons. The average molecular weight is 604 g/mol. The summed E-state index contributed by atoms with van der Waals surface area (Å²) in [6, 6.07) is 13.8. The lowest BCUT2D eigenvalue weighted by Crippen LogP contribution is -2.50. The maximum absolute atomic E-state index is 13.4. The Morgan fingerprint density at radius 2 is 1.70 bits per heavy atom. The van der Waals surface area contributed by atoms with Gasteiger partial charge in [0.2, 0.25) is 11.8 Å². The monoisotopic (exact) mass is 603 g/mol. The van der Waals surface area contributed by atoms with Crippen molar-refractivity contribution in [2.45, 2.75) is 63.7 Å². The zero-order chi connectivity index (χ0) is 30.0. The number of aryl methyl sites for hydroxylation is 2. The summed E-state index contributed by atoms with van der Waals surface area (Å²) in [5.74, 6) is 0.705. The lowest BCUT2D eigenvalue weighted by molar-refractivity contribution is 0.0420. The van der Waals surface area contributed by atoms with E-state index < -0.39 is 10.0 Å². The molecule has 0 atom stereocenters. The summed E-state index contributed by atoms with van der Waals surface area (Å²) in [5, 5.41) is 3.10. The number of hydrogen-bond acceptors (Lipinski definition) is 7. The van der Waals surface area contributed by atoms with Crippen LogP contribution in [0.15, 0.2) is 53.4 Å². The van der Waals surface area contributed by atoms with E-state index in [-0.39, 0.29) is 27.7 Å². The fraction of sp³-hybridized carbons (Fsp3) is 0.485. The van der Waals surface area contributed by atoms with Gasteiger partial charge in [-0.25, -0.2) is 18.1 Å². The number of anilines is 1. The number of hydrogen-bond donors (Lipinski definition) is 2. The minimum atomic E-state index is -4.07. The van der Waals surface area contributed by atoms with Crippen molar-refractivity contribution in [1.29, 1.82) is 0 Å². The number of sulfonamides is 1. The zero-order valence-electron chi connectivity index (χ0n) is 25.1. The molecule has 1 aromatic heterocycles. The molecule has 10 heteroatoms. The van der Waals surface area contributed by atoms with Crippen LogP contribution in [0.1, 0.15) is 66.4 Å². The highest BCUT2D eigenvalue weighted by atomic mass is 32.2. The van der Waals surface area contributed by atoms with Gasteiger partial charge in [-0.15, -0.1) is 0 Å². The molecule has 4 bridgehead atoms. The number of ether oxygens (including phenoxy) is 1. The van der Waals surface area contributed by atoms with Crippen LogP contribution >= 0.6 is 0 Å². The van der Waals surface area contributed by atoms with E-state index in [0.29, 0.717) is 24.7 Å². The summed E-state index contributed by atoms with van der Waals surface area (Å²) in [7, 11) is -4.07. The van der Waals surface area contributed by atoms with E-state index in [4.69, 9.17) is 4.74 Å². The van der Waals surface area contributed by atoms with Gasteiger partial charge in [0.25, 0.3) is 15.9 Å². The summed E-state index contributed by atoms with van der Waals surface area (Å²) in [5.41, 5.74) is 3.54. The Morgan fingerprint density at radius 3 is 2.44 bits per heavy atom. The van der Waals surface area contributed by atoms with E-state index in [2.05, 4.69) is 24.9 Å². The van der Waals surface area contributed by atoms with Crippen LogP contribution in [0.3, 0.4) is 0 Å². The third-order valence-corrected chi connectivity index (χ3v) is 10.7. The normalized spacial score (nSPS) is 20.8. The molecule has 1 saturated heterocycles. The molecule has 2 fully saturated rings. The van der Waals surface area contributed by atoms with Gasteiger partial charge < -0.3 is 15.0 Å². The zero-order valence-corrected chi connectivity index (χ0v) is 25.9. The summed E-state index contributed by atoms with van der Waals surface area (Å²) < 4.78 is 35.7. The number of nitrogens with zero attached hydrogens (tertiary/aromatic N) is 3. The molecule has 2 aliphatic heterocycles. The number of carbonyl (C=O) groups excluding carboxylic acids is 1. The number of rotatable bonds is 3. The van der Waals surface area contributed by atoms with Gasteiger partial charge in [-0.1, -0.05) is 43.5 Å². The Balaban J connectivity index is 1.34. The summed E-state index contributed by atoms with van der Waals surface area (Å²) >= 11 is 0. The molecule has 0 unspecified atom stereocenters. The molecule has 1 spiro atoms. The van der Waals surface area contributed by atoms with E-state index in [1.165, 1.54) is 44.2 Å². The van der Waals surface area contributed by atoms with Gasteiger partial charge in [-0.05, 0) is 87.9 Å². The first-order valence-electron chi connectivity index (χ1n) is 15.4. The van der Waals surface area contributed by atoms with Gasteiger partial charge in [0, 0.05) is 35.7 Å². The van der Waals surface area contributed by atoms with E-state index in [0.717, 1.165) is 55.1 Å². The summed E-state index contributed by atoms with van der Waals surface area (Å²) in [6.45, 7) is 7.84. The molecule has 3 aromatic rings. The van der Waals surface area contributed by atoms with Crippen LogP contribution in [0.25, 0.3) is 11.3 Å². The number of likely N-dealkylation sites (tertiary alicyclic amines) is 1. The van der Waals surface area contributed by atoms with Crippen LogP contribution < -0.4 is 14.8 Å². The first-order valence-corrected chi connectivity index (χ1v) is 16.9. The lowest BCUT2D eigenvalue weighted by Gasteiger charge is -2.42. The fourth-order valence-corrected chi connectivity index (χ4v) is 7.78. The molecule has 2 aromatic carbocycles. The third-order valence-electron chi connectivity index (χ3n) is 9.38. The molecule has 6 rings (SSSR count). The van der Waals surface area contributed by atoms with Gasteiger partial charge in [-0.3, -0.25) is 4.79 Å². The van der Waals surface area contributed by atoms with Crippen molar-refractivity contribution in [3.63, 3.8) is 0 Å². The van der Waals surface area contributed by atoms with Crippen molar-refractivity contribution >= 4 is 21.9 Å². The second-order valence-electron chi connectivity index (χ2n) is 12.6. The molecule has 3 aliphatic rings. The molecule has 1 aliphatic carbocycles. The standard InChI is InChI=1S/C33H41N5O4S/c1-23-8-6-9-24(2)30(23)28-19-29-36-32(35-28)37-43(40,41)27-13-7-12-26(18-27)31(39)34-21-33(22-42-29)14-16-38(17-15-33)20-25-10-4-3-5-11-25/h6-9,12-13,18-19,25H,3-5,10-11,14-17,20-22H2,1-2H3,(H,34,39)(H,35,36,37). The predicted molar refractivity (Wildman–Crippen MR) is 167 cm³/mol. The van der Waals surface area contributed by atoms with Gasteiger partial charge in [-0.2, -0.15) is 4.98 Å². The number of nitrogens with one attached hydrogen (secondary N) is 2. The first-order chi connectivity index (χ1) is 20.7. The van der Waals surface area contributed by atoms with Crippen LogP contribution in [0.4, 0.5) is 5.95 Å². The average Bonchev–Trinajstić information content (AvgIpc) is 3.00. The number of carbonyl (C=O) groups is 1. The topological polar surface area (TPSA) is 114 Å². The van der Waals surface area contributed by atoms with E-state index in [9.17, 15) is 13.2 Å². The molecular formula is C33H41N5O4S. The van der Waals surface area contributed by atoms with Crippen molar-refractivity contribution < 1.29 is 17.9 Å². The largest absolute Gasteiger partial charge is 0.477 e. The smallest absolute Gasteiger partial charge is 0.264 e. The van der Waals surface area contributed by atoms with Gasteiger partial charge >= 0.3 is 0 Å². The molecule has 43 heavy (non-hydrogen) atoms. The van der Waals surface area contributed by atoms with E-state index in [1.54, 1.807) is 18.2 Å². The van der Waals surface area contributed by atoms with Crippen molar-refractivity contribution in [3.8, 4) is 17.1 Å². The highest BCUT2D eigenvalue weighted by Crippen LogP contribution is 2.35. The Bertz CT molecular complexity index is 1570. The highest BCUT2D eigenvalue weighted by molar-refractivity contribution is 7.92. The maximum atomic E-state index is 13.4. The van der Waals surface area contributed by atoms with Crippen LogP contribution in [0.5, 0.6) is 5.88 Å². The van der Waals surface area contributed by atoms with Crippen molar-refractivity contribution in [2.24, 2.45) is 11.3 Å². The SMILES string of the molecule is Cc1cccc(C)c1-c1cc2nc(n1)NS(=O)(=O)c1cccc(c1)C(=O)NCC1(CCN(CC3CCCCC3)CC1)CO2. The fourth-order valence-electron chi connectivity index (χ4n) is 6.79. The molecule has 2 N–H and O–H groups in total. The molecule has 3 heterocycles. The molecule has 1 amide bonds. The molecule has 9 nitrogen and oxygen atoms in total. The number of piperidine rings is 1. The molecule has 228 valence electrons. The quantitative estimate of drug-likeness (QED) is 0.415.